The highest BCUT2D eigenvalue weighted by Gasteiger charge is 2.16. The number of aliphatic hydroxyl groups is 1. The van der Waals surface area contributed by atoms with E-state index < -0.39 is 11.6 Å². The Kier molecular flexibility index (Phi) is 6.37. The summed E-state index contributed by atoms with van der Waals surface area (Å²) in [5, 5.41) is 8.91. The minimum atomic E-state index is -0.508. The summed E-state index contributed by atoms with van der Waals surface area (Å²) in [7, 11) is 0. The Balaban J connectivity index is 2.29. The van der Waals surface area contributed by atoms with Crippen molar-refractivity contribution in [3.05, 3.63) is 29.8 Å². The number of ether oxygens (including phenoxy) is 2. The first-order valence-electron chi connectivity index (χ1n) is 6.92. The molecule has 0 unspecified atom stereocenters. The van der Waals surface area contributed by atoms with Crippen LogP contribution in [-0.2, 0) is 20.9 Å². The molecule has 1 rings (SSSR count). The first-order chi connectivity index (χ1) is 9.80. The van der Waals surface area contributed by atoms with Gasteiger partial charge in [0.25, 0.3) is 0 Å². The molecule has 0 heterocycles. The number of esters is 2. The molecule has 0 aliphatic heterocycles. The summed E-state index contributed by atoms with van der Waals surface area (Å²) in [5.41, 5.74) is 0.242. The average molecular weight is 294 g/mol. The van der Waals surface area contributed by atoms with E-state index in [4.69, 9.17) is 14.6 Å². The first-order valence-corrected chi connectivity index (χ1v) is 6.92. The fourth-order valence-electron chi connectivity index (χ4n) is 1.61. The summed E-state index contributed by atoms with van der Waals surface area (Å²) in [6.07, 6.45) is 0.735. The van der Waals surface area contributed by atoms with Crippen molar-refractivity contribution < 1.29 is 24.2 Å². The lowest BCUT2D eigenvalue weighted by atomic mass is 10.2. The molecule has 0 amide bonds. The predicted octanol–water partition coefficient (Wildman–Crippen LogP) is 2.60. The molecule has 5 nitrogen and oxygen atoms in total. The molecule has 5 heteroatoms. The van der Waals surface area contributed by atoms with Crippen LogP contribution >= 0.6 is 0 Å². The van der Waals surface area contributed by atoms with Crippen LogP contribution in [0.5, 0.6) is 5.75 Å². The molecule has 116 valence electrons. The minimum absolute atomic E-state index is 0.0515. The second-order valence-electron chi connectivity index (χ2n) is 5.72. The lowest BCUT2D eigenvalue weighted by Crippen LogP contribution is -2.23. The Morgan fingerprint density at radius 1 is 1.05 bits per heavy atom. The summed E-state index contributed by atoms with van der Waals surface area (Å²) in [6, 6.07) is 6.61. The number of hydrogen-bond acceptors (Lipinski definition) is 5. The highest BCUT2D eigenvalue weighted by Crippen LogP contribution is 2.14. The van der Waals surface area contributed by atoms with Gasteiger partial charge in [-0.1, -0.05) is 12.1 Å². The standard InChI is InChI=1S/C16H22O5/c1-16(2,3)21-15(19)6-4-5-14(18)20-13-9-7-12(11-17)8-10-13/h7-10,17H,4-6,11H2,1-3H3. The molecule has 0 saturated heterocycles. The maximum atomic E-state index is 11.6. The molecule has 0 radical (unpaired) electrons. The quantitative estimate of drug-likeness (QED) is 0.645. The van der Waals surface area contributed by atoms with E-state index in [1.165, 1.54) is 0 Å². The molecule has 1 aromatic carbocycles. The fraction of sp³-hybridized carbons (Fsp3) is 0.500. The number of benzene rings is 1. The van der Waals surface area contributed by atoms with E-state index >= 15 is 0 Å². The van der Waals surface area contributed by atoms with Gasteiger partial charge in [-0.15, -0.1) is 0 Å². The zero-order valence-corrected chi connectivity index (χ0v) is 12.7. The molecule has 0 atom stereocenters. The van der Waals surface area contributed by atoms with Gasteiger partial charge in [0.1, 0.15) is 11.4 Å². The summed E-state index contributed by atoms with van der Waals surface area (Å²) in [6.45, 7) is 5.35. The van der Waals surface area contributed by atoms with E-state index in [2.05, 4.69) is 0 Å². The Bertz CT molecular complexity index is 470. The molecular formula is C16H22O5. The van der Waals surface area contributed by atoms with Crippen molar-refractivity contribution in [2.24, 2.45) is 0 Å². The number of hydrogen-bond donors (Lipinski definition) is 1. The Labute approximate surface area is 124 Å². The SMILES string of the molecule is CC(C)(C)OC(=O)CCCC(=O)Oc1ccc(CO)cc1. The van der Waals surface area contributed by atoms with Gasteiger partial charge in [-0.2, -0.15) is 0 Å². The Hall–Kier alpha value is -1.88. The van der Waals surface area contributed by atoms with Crippen molar-refractivity contribution in [3.63, 3.8) is 0 Å². The van der Waals surface area contributed by atoms with Crippen molar-refractivity contribution in [3.8, 4) is 5.75 Å². The Morgan fingerprint density at radius 2 is 1.62 bits per heavy atom. The monoisotopic (exact) mass is 294 g/mol. The molecule has 0 spiro atoms. The fourth-order valence-corrected chi connectivity index (χ4v) is 1.61. The van der Waals surface area contributed by atoms with Crippen LogP contribution in [-0.4, -0.2) is 22.6 Å². The third-order valence-electron chi connectivity index (χ3n) is 2.52. The largest absolute Gasteiger partial charge is 0.460 e. The van der Waals surface area contributed by atoms with Crippen molar-refractivity contribution in [1.82, 2.24) is 0 Å². The first kappa shape index (κ1) is 17.2. The van der Waals surface area contributed by atoms with Crippen LogP contribution in [0.3, 0.4) is 0 Å². The van der Waals surface area contributed by atoms with E-state index in [1.54, 1.807) is 45.0 Å². The minimum Gasteiger partial charge on any atom is -0.460 e. The molecule has 0 saturated carbocycles. The summed E-state index contributed by atoms with van der Waals surface area (Å²) < 4.78 is 10.3. The highest BCUT2D eigenvalue weighted by atomic mass is 16.6. The van der Waals surface area contributed by atoms with E-state index in [9.17, 15) is 9.59 Å². The van der Waals surface area contributed by atoms with Gasteiger partial charge in [-0.05, 0) is 44.9 Å². The molecule has 0 aliphatic carbocycles. The number of rotatable bonds is 6. The zero-order chi connectivity index (χ0) is 15.9. The van der Waals surface area contributed by atoms with Crippen LogP contribution in [0.1, 0.15) is 45.6 Å². The molecule has 0 aromatic heterocycles. The predicted molar refractivity (Wildman–Crippen MR) is 77.7 cm³/mol. The van der Waals surface area contributed by atoms with Gasteiger partial charge < -0.3 is 14.6 Å². The molecule has 1 aromatic rings. The maximum absolute atomic E-state index is 11.6. The maximum Gasteiger partial charge on any atom is 0.311 e. The smallest absolute Gasteiger partial charge is 0.311 e. The van der Waals surface area contributed by atoms with E-state index in [1.807, 2.05) is 0 Å². The summed E-state index contributed by atoms with van der Waals surface area (Å²) in [4.78, 5) is 23.1. The molecule has 0 bridgehead atoms. The van der Waals surface area contributed by atoms with Gasteiger partial charge in [0.05, 0.1) is 6.61 Å². The zero-order valence-electron chi connectivity index (χ0n) is 12.7. The summed E-state index contributed by atoms with van der Waals surface area (Å²) >= 11 is 0. The van der Waals surface area contributed by atoms with Gasteiger partial charge >= 0.3 is 11.9 Å². The second-order valence-corrected chi connectivity index (χ2v) is 5.72. The molecule has 0 fully saturated rings. The molecule has 21 heavy (non-hydrogen) atoms. The van der Waals surface area contributed by atoms with Crippen molar-refractivity contribution >= 4 is 11.9 Å². The van der Waals surface area contributed by atoms with Gasteiger partial charge in [-0.25, -0.2) is 0 Å². The molecule has 1 N–H and O–H groups in total. The van der Waals surface area contributed by atoms with Crippen LogP contribution in [0.2, 0.25) is 0 Å². The van der Waals surface area contributed by atoms with Crippen LogP contribution in [0, 0.1) is 0 Å². The van der Waals surface area contributed by atoms with Crippen LogP contribution in [0.15, 0.2) is 24.3 Å². The number of carbonyl (C=O) groups excluding carboxylic acids is 2. The highest BCUT2D eigenvalue weighted by molar-refractivity contribution is 5.74. The lowest BCUT2D eigenvalue weighted by Gasteiger charge is -2.19. The summed E-state index contributed by atoms with van der Waals surface area (Å²) in [5.74, 6) is -0.285. The molecular weight excluding hydrogens is 272 g/mol. The van der Waals surface area contributed by atoms with Gasteiger partial charge in [-0.3, -0.25) is 9.59 Å². The number of carbonyl (C=O) groups is 2. The topological polar surface area (TPSA) is 72.8 Å². The van der Waals surface area contributed by atoms with Crippen LogP contribution in [0.4, 0.5) is 0 Å². The van der Waals surface area contributed by atoms with Crippen LogP contribution in [0.25, 0.3) is 0 Å². The van der Waals surface area contributed by atoms with Gasteiger partial charge in [0.15, 0.2) is 0 Å². The van der Waals surface area contributed by atoms with E-state index in [-0.39, 0.29) is 25.4 Å². The Morgan fingerprint density at radius 3 is 2.14 bits per heavy atom. The second kappa shape index (κ2) is 7.78. The average Bonchev–Trinajstić information content (AvgIpc) is 2.37. The third kappa shape index (κ3) is 7.46. The third-order valence-corrected chi connectivity index (χ3v) is 2.52. The van der Waals surface area contributed by atoms with Crippen molar-refractivity contribution in [1.29, 1.82) is 0 Å². The molecule has 0 aliphatic rings. The van der Waals surface area contributed by atoms with E-state index in [0.717, 1.165) is 5.56 Å². The van der Waals surface area contributed by atoms with Crippen LogP contribution < -0.4 is 4.74 Å². The normalized spacial score (nSPS) is 11.0. The van der Waals surface area contributed by atoms with Crippen molar-refractivity contribution in [2.45, 2.75) is 52.2 Å². The van der Waals surface area contributed by atoms with Gasteiger partial charge in [0.2, 0.25) is 0 Å². The van der Waals surface area contributed by atoms with E-state index in [0.29, 0.717) is 12.2 Å². The number of aliphatic hydroxyl groups excluding tert-OH is 1. The van der Waals surface area contributed by atoms with Crippen molar-refractivity contribution in [2.75, 3.05) is 0 Å². The van der Waals surface area contributed by atoms with Gasteiger partial charge in [0, 0.05) is 12.8 Å². The lowest BCUT2D eigenvalue weighted by molar-refractivity contribution is -0.154.